The van der Waals surface area contributed by atoms with Gasteiger partial charge >= 0.3 is 12.3 Å². The van der Waals surface area contributed by atoms with Crippen LogP contribution in [0.25, 0.3) is 10.2 Å². The molecule has 0 aliphatic rings. The summed E-state index contributed by atoms with van der Waals surface area (Å²) in [5.74, 6) is 0. The van der Waals surface area contributed by atoms with Gasteiger partial charge in [-0.05, 0) is 50.6 Å². The van der Waals surface area contributed by atoms with E-state index in [0.717, 1.165) is 29.0 Å². The molecule has 1 amide bonds. The Labute approximate surface area is 186 Å². The zero-order valence-electron chi connectivity index (χ0n) is 17.0. The normalized spacial score (nSPS) is 12.2. The first-order chi connectivity index (χ1) is 14.4. The summed E-state index contributed by atoms with van der Waals surface area (Å²) in [6.45, 7) is 5.23. The van der Waals surface area contributed by atoms with E-state index < -0.39 is 23.4 Å². The van der Waals surface area contributed by atoms with Gasteiger partial charge in [-0.15, -0.1) is 0 Å². The highest BCUT2D eigenvalue weighted by Gasteiger charge is 2.32. The van der Waals surface area contributed by atoms with E-state index in [9.17, 15) is 18.0 Å². The van der Waals surface area contributed by atoms with Crippen molar-refractivity contribution < 1.29 is 27.4 Å². The number of fused-ring (bicyclic) bond motifs is 1. The SMILES string of the molecule is CC(C)(C)OC(=O)Nc1nc2c(COCc3ccc(Cl)cc3)cc(C(F)(F)F)cc2s1. The molecule has 31 heavy (non-hydrogen) atoms. The molecule has 0 fully saturated rings. The van der Waals surface area contributed by atoms with E-state index in [-0.39, 0.29) is 28.6 Å². The van der Waals surface area contributed by atoms with Crippen molar-refractivity contribution in [3.63, 3.8) is 0 Å². The molecule has 1 heterocycles. The van der Waals surface area contributed by atoms with Crippen LogP contribution in [-0.4, -0.2) is 16.7 Å². The van der Waals surface area contributed by atoms with Crippen molar-refractivity contribution in [2.75, 3.05) is 5.32 Å². The lowest BCUT2D eigenvalue weighted by Gasteiger charge is -2.18. The zero-order valence-corrected chi connectivity index (χ0v) is 18.5. The van der Waals surface area contributed by atoms with Gasteiger partial charge in [0.2, 0.25) is 0 Å². The maximum Gasteiger partial charge on any atom is 0.416 e. The van der Waals surface area contributed by atoms with Crippen LogP contribution in [0, 0.1) is 0 Å². The Balaban J connectivity index is 1.84. The van der Waals surface area contributed by atoms with Gasteiger partial charge in [-0.3, -0.25) is 5.32 Å². The molecule has 1 aromatic heterocycles. The van der Waals surface area contributed by atoms with Gasteiger partial charge in [0, 0.05) is 10.6 Å². The second-order valence-electron chi connectivity index (χ2n) is 7.75. The highest BCUT2D eigenvalue weighted by molar-refractivity contribution is 7.22. The number of halogens is 4. The van der Waals surface area contributed by atoms with Crippen LogP contribution in [0.2, 0.25) is 5.02 Å². The lowest BCUT2D eigenvalue weighted by atomic mass is 10.1. The van der Waals surface area contributed by atoms with E-state index >= 15 is 0 Å². The number of rotatable bonds is 5. The fourth-order valence-corrected chi connectivity index (χ4v) is 3.74. The predicted molar refractivity (Wildman–Crippen MR) is 114 cm³/mol. The Morgan fingerprint density at radius 2 is 1.81 bits per heavy atom. The minimum absolute atomic E-state index is 0.0847. The van der Waals surface area contributed by atoms with Crippen LogP contribution >= 0.6 is 22.9 Å². The van der Waals surface area contributed by atoms with Gasteiger partial charge in [-0.1, -0.05) is 35.1 Å². The van der Waals surface area contributed by atoms with Gasteiger partial charge < -0.3 is 9.47 Å². The summed E-state index contributed by atoms with van der Waals surface area (Å²) >= 11 is 6.78. The standard InChI is InChI=1S/C21H20ClF3N2O3S/c1-20(2,3)30-19(28)27-18-26-17-13(8-14(21(23,24)25)9-16(17)31-18)11-29-10-12-4-6-15(22)7-5-12/h4-9H,10-11H2,1-3H3,(H,26,27,28). The summed E-state index contributed by atoms with van der Waals surface area (Å²) in [4.78, 5) is 16.3. The van der Waals surface area contributed by atoms with Gasteiger partial charge in [0.15, 0.2) is 5.13 Å². The molecule has 3 rings (SSSR count). The number of anilines is 1. The molecule has 1 N–H and O–H groups in total. The van der Waals surface area contributed by atoms with Gasteiger partial charge in [0.1, 0.15) is 5.60 Å². The summed E-state index contributed by atoms with van der Waals surface area (Å²) < 4.78 is 51.2. The number of amides is 1. The van der Waals surface area contributed by atoms with Crippen molar-refractivity contribution in [2.45, 2.75) is 45.8 Å². The Morgan fingerprint density at radius 1 is 1.13 bits per heavy atom. The minimum Gasteiger partial charge on any atom is -0.444 e. The number of nitrogens with one attached hydrogen (secondary N) is 1. The third-order valence-corrected chi connectivity index (χ3v) is 5.12. The van der Waals surface area contributed by atoms with Gasteiger partial charge in [-0.2, -0.15) is 13.2 Å². The first kappa shape index (κ1) is 23.3. The molecule has 0 aliphatic heterocycles. The molecule has 0 atom stereocenters. The third kappa shape index (κ3) is 6.56. The van der Waals surface area contributed by atoms with Crippen molar-refractivity contribution >= 4 is 44.4 Å². The molecule has 10 heteroatoms. The summed E-state index contributed by atoms with van der Waals surface area (Å²) in [5.41, 5.74) is -0.0894. The van der Waals surface area contributed by atoms with E-state index in [1.165, 1.54) is 0 Å². The third-order valence-electron chi connectivity index (χ3n) is 3.95. The highest BCUT2D eigenvalue weighted by Crippen LogP contribution is 2.37. The van der Waals surface area contributed by atoms with Crippen LogP contribution < -0.4 is 5.32 Å². The van der Waals surface area contributed by atoms with E-state index in [2.05, 4.69) is 10.3 Å². The molecule has 0 radical (unpaired) electrons. The second kappa shape index (κ2) is 9.02. The number of carbonyl (C=O) groups excluding carboxylic acids is 1. The van der Waals surface area contributed by atoms with Crippen LogP contribution in [0.3, 0.4) is 0 Å². The van der Waals surface area contributed by atoms with Crippen LogP contribution in [0.1, 0.15) is 37.5 Å². The largest absolute Gasteiger partial charge is 0.444 e. The van der Waals surface area contributed by atoms with Gasteiger partial charge in [0.05, 0.1) is 29.0 Å². The number of ether oxygens (including phenoxy) is 2. The molecule has 5 nitrogen and oxygen atoms in total. The fraction of sp³-hybridized carbons (Fsp3) is 0.333. The molecule has 166 valence electrons. The van der Waals surface area contributed by atoms with E-state index in [1.54, 1.807) is 45.0 Å². The molecular formula is C21H20ClF3N2O3S. The summed E-state index contributed by atoms with van der Waals surface area (Å²) in [5, 5.41) is 3.19. The van der Waals surface area contributed by atoms with Crippen LogP contribution in [0.15, 0.2) is 36.4 Å². The number of nitrogens with zero attached hydrogens (tertiary/aromatic N) is 1. The molecule has 0 aliphatic carbocycles. The first-order valence-electron chi connectivity index (χ1n) is 9.23. The molecule has 0 saturated carbocycles. The van der Waals surface area contributed by atoms with Crippen molar-refractivity contribution in [3.05, 3.63) is 58.1 Å². The lowest BCUT2D eigenvalue weighted by Crippen LogP contribution is -2.27. The highest BCUT2D eigenvalue weighted by atomic mass is 35.5. The summed E-state index contributed by atoms with van der Waals surface area (Å²) in [6, 6.07) is 8.98. The minimum atomic E-state index is -4.53. The maximum absolute atomic E-state index is 13.4. The molecule has 2 aromatic carbocycles. The average Bonchev–Trinajstić information content (AvgIpc) is 3.03. The van der Waals surface area contributed by atoms with Crippen LogP contribution in [0.5, 0.6) is 0 Å². The molecule has 0 unspecified atom stereocenters. The Morgan fingerprint density at radius 3 is 2.42 bits per heavy atom. The Kier molecular flexibility index (Phi) is 6.78. The summed E-state index contributed by atoms with van der Waals surface area (Å²) in [6.07, 6.45) is -5.26. The number of aromatic nitrogens is 1. The number of carbonyl (C=O) groups is 1. The van der Waals surface area contributed by atoms with Crippen molar-refractivity contribution in [1.29, 1.82) is 0 Å². The molecule has 0 spiro atoms. The molecular weight excluding hydrogens is 453 g/mol. The zero-order chi connectivity index (χ0) is 22.8. The topological polar surface area (TPSA) is 60.5 Å². The lowest BCUT2D eigenvalue weighted by molar-refractivity contribution is -0.137. The van der Waals surface area contributed by atoms with Crippen LogP contribution in [0.4, 0.5) is 23.1 Å². The van der Waals surface area contributed by atoms with Crippen molar-refractivity contribution in [3.8, 4) is 0 Å². The van der Waals surface area contributed by atoms with Crippen molar-refractivity contribution in [1.82, 2.24) is 4.98 Å². The van der Waals surface area contributed by atoms with Crippen molar-refractivity contribution in [2.24, 2.45) is 0 Å². The number of hydrogen-bond acceptors (Lipinski definition) is 5. The summed E-state index contributed by atoms with van der Waals surface area (Å²) in [7, 11) is 0. The van der Waals surface area contributed by atoms with E-state index in [1.807, 2.05) is 0 Å². The number of benzene rings is 2. The number of alkyl halides is 3. The molecule has 0 bridgehead atoms. The Bertz CT molecular complexity index is 1080. The molecule has 0 saturated heterocycles. The monoisotopic (exact) mass is 472 g/mol. The fourth-order valence-electron chi connectivity index (χ4n) is 2.68. The maximum atomic E-state index is 13.4. The smallest absolute Gasteiger partial charge is 0.416 e. The van der Waals surface area contributed by atoms with Gasteiger partial charge in [0.25, 0.3) is 0 Å². The van der Waals surface area contributed by atoms with Crippen LogP contribution in [-0.2, 0) is 28.9 Å². The first-order valence-corrected chi connectivity index (χ1v) is 10.4. The second-order valence-corrected chi connectivity index (χ2v) is 9.21. The Hall–Kier alpha value is -2.36. The predicted octanol–water partition coefficient (Wildman–Crippen LogP) is 7.03. The average molecular weight is 473 g/mol. The number of hydrogen-bond donors (Lipinski definition) is 1. The number of thiazole rings is 1. The molecule has 3 aromatic rings. The van der Waals surface area contributed by atoms with Gasteiger partial charge in [-0.25, -0.2) is 9.78 Å². The van der Waals surface area contributed by atoms with E-state index in [0.29, 0.717) is 10.5 Å². The quantitative estimate of drug-likeness (QED) is 0.433. The van der Waals surface area contributed by atoms with E-state index in [4.69, 9.17) is 21.1 Å².